The molecule has 160 valence electrons. The lowest BCUT2D eigenvalue weighted by molar-refractivity contribution is 0.353. The van der Waals surface area contributed by atoms with Crippen LogP contribution in [0.15, 0.2) is 61.1 Å². The van der Waals surface area contributed by atoms with Crippen molar-refractivity contribution >= 4 is 23.0 Å². The highest BCUT2D eigenvalue weighted by Crippen LogP contribution is 2.42. The van der Waals surface area contributed by atoms with Crippen molar-refractivity contribution in [2.24, 2.45) is 0 Å². The zero-order valence-corrected chi connectivity index (χ0v) is 19.1. The Balaban J connectivity index is 1.57. The van der Waals surface area contributed by atoms with E-state index in [1.54, 1.807) is 0 Å². The number of hydrogen-bond donors (Lipinski definition) is 1. The second kappa shape index (κ2) is 8.46. The Bertz CT molecular complexity index is 1050. The van der Waals surface area contributed by atoms with Gasteiger partial charge in [0.15, 0.2) is 5.11 Å². The molecule has 3 heterocycles. The van der Waals surface area contributed by atoms with Crippen LogP contribution >= 0.6 is 12.2 Å². The number of hydrogen-bond acceptors (Lipinski definition) is 2. The van der Waals surface area contributed by atoms with Crippen LogP contribution in [-0.4, -0.2) is 14.7 Å². The summed E-state index contributed by atoms with van der Waals surface area (Å²) in [7, 11) is 0. The zero-order valence-electron chi connectivity index (χ0n) is 18.3. The third kappa shape index (κ3) is 3.99. The summed E-state index contributed by atoms with van der Waals surface area (Å²) in [6.07, 6.45) is 13.1. The van der Waals surface area contributed by atoms with Gasteiger partial charge in [-0.15, -0.1) is 0 Å². The SMILES string of the molecule is Cc1cc(C)cc(N2C(=S)NC(c3ccccn3)C2c2ccn(C3CCCCC3)c2)c1. The topological polar surface area (TPSA) is 33.1 Å². The molecule has 1 N–H and O–H groups in total. The average Bonchev–Trinajstić information content (AvgIpc) is 3.39. The van der Waals surface area contributed by atoms with Gasteiger partial charge in [0, 0.05) is 30.3 Å². The fourth-order valence-electron chi connectivity index (χ4n) is 5.27. The molecular weight excluding hydrogens is 400 g/mol. The number of rotatable bonds is 4. The molecule has 31 heavy (non-hydrogen) atoms. The molecule has 1 saturated heterocycles. The van der Waals surface area contributed by atoms with Gasteiger partial charge in [-0.3, -0.25) is 4.98 Å². The first-order valence-electron chi connectivity index (χ1n) is 11.4. The molecule has 3 aromatic rings. The van der Waals surface area contributed by atoms with Gasteiger partial charge >= 0.3 is 0 Å². The Hall–Kier alpha value is -2.66. The summed E-state index contributed by atoms with van der Waals surface area (Å²) < 4.78 is 2.44. The molecule has 0 radical (unpaired) electrons. The molecule has 5 rings (SSSR count). The van der Waals surface area contributed by atoms with E-state index in [0.29, 0.717) is 6.04 Å². The molecule has 2 unspecified atom stereocenters. The molecule has 4 nitrogen and oxygen atoms in total. The molecule has 1 saturated carbocycles. The highest BCUT2D eigenvalue weighted by molar-refractivity contribution is 7.80. The van der Waals surface area contributed by atoms with E-state index in [-0.39, 0.29) is 12.1 Å². The van der Waals surface area contributed by atoms with Gasteiger partial charge in [0.25, 0.3) is 0 Å². The van der Waals surface area contributed by atoms with Crippen LogP contribution in [0.5, 0.6) is 0 Å². The van der Waals surface area contributed by atoms with Gasteiger partial charge < -0.3 is 14.8 Å². The maximum Gasteiger partial charge on any atom is 0.174 e. The van der Waals surface area contributed by atoms with Crippen LogP contribution in [0, 0.1) is 13.8 Å². The van der Waals surface area contributed by atoms with E-state index in [4.69, 9.17) is 12.2 Å². The summed E-state index contributed by atoms with van der Waals surface area (Å²) in [5.41, 5.74) is 5.94. The molecule has 2 aliphatic rings. The largest absolute Gasteiger partial charge is 0.351 e. The molecule has 0 bridgehead atoms. The smallest absolute Gasteiger partial charge is 0.174 e. The zero-order chi connectivity index (χ0) is 21.4. The normalized spacial score (nSPS) is 22.0. The molecule has 1 aliphatic carbocycles. The first-order valence-corrected chi connectivity index (χ1v) is 11.8. The van der Waals surface area contributed by atoms with Crippen molar-refractivity contribution in [1.29, 1.82) is 0 Å². The summed E-state index contributed by atoms with van der Waals surface area (Å²) in [6.45, 7) is 4.29. The van der Waals surface area contributed by atoms with Crippen LogP contribution in [0.2, 0.25) is 0 Å². The molecule has 1 aliphatic heterocycles. The van der Waals surface area contributed by atoms with Crippen LogP contribution in [-0.2, 0) is 0 Å². The first kappa shape index (κ1) is 20.3. The molecule has 2 fully saturated rings. The van der Waals surface area contributed by atoms with Crippen molar-refractivity contribution in [3.05, 3.63) is 83.4 Å². The standard InChI is InChI=1S/C26H30N4S/c1-18-14-19(2)16-22(15-18)30-25(24(28-26(30)31)23-10-6-7-12-27-23)20-11-13-29(17-20)21-8-4-3-5-9-21/h6-7,10-17,21,24-25H,3-5,8-9H2,1-2H3,(H,28,31). The lowest BCUT2D eigenvalue weighted by Crippen LogP contribution is -2.29. The van der Waals surface area contributed by atoms with Gasteiger partial charge in [0.2, 0.25) is 0 Å². The third-order valence-corrected chi connectivity index (χ3v) is 6.97. The minimum atomic E-state index is 0.0109. The van der Waals surface area contributed by atoms with Crippen LogP contribution in [0.4, 0.5) is 5.69 Å². The van der Waals surface area contributed by atoms with Gasteiger partial charge in [0.1, 0.15) is 0 Å². The van der Waals surface area contributed by atoms with Crippen molar-refractivity contribution in [3.8, 4) is 0 Å². The Labute approximate surface area is 190 Å². The van der Waals surface area contributed by atoms with Crippen molar-refractivity contribution in [1.82, 2.24) is 14.9 Å². The Morgan fingerprint density at radius 1 is 1.00 bits per heavy atom. The highest BCUT2D eigenvalue weighted by Gasteiger charge is 2.41. The lowest BCUT2D eigenvalue weighted by atomic mass is 9.95. The van der Waals surface area contributed by atoms with Gasteiger partial charge in [-0.1, -0.05) is 31.4 Å². The Kier molecular flexibility index (Phi) is 5.53. The van der Waals surface area contributed by atoms with E-state index in [2.05, 4.69) is 82.4 Å². The summed E-state index contributed by atoms with van der Waals surface area (Å²) in [4.78, 5) is 6.96. The van der Waals surface area contributed by atoms with E-state index in [9.17, 15) is 0 Å². The first-order chi connectivity index (χ1) is 15.1. The van der Waals surface area contributed by atoms with Crippen molar-refractivity contribution < 1.29 is 0 Å². The fourth-order valence-corrected chi connectivity index (χ4v) is 5.62. The van der Waals surface area contributed by atoms with Crippen molar-refractivity contribution in [2.75, 3.05) is 4.90 Å². The molecule has 5 heteroatoms. The summed E-state index contributed by atoms with van der Waals surface area (Å²) in [6, 6.07) is 15.7. The van der Waals surface area contributed by atoms with Crippen LogP contribution in [0.3, 0.4) is 0 Å². The molecular formula is C26H30N4S. The van der Waals surface area contributed by atoms with E-state index in [1.807, 2.05) is 12.3 Å². The quantitative estimate of drug-likeness (QED) is 0.501. The maximum atomic E-state index is 5.88. The summed E-state index contributed by atoms with van der Waals surface area (Å²) >= 11 is 5.88. The van der Waals surface area contributed by atoms with E-state index >= 15 is 0 Å². The average molecular weight is 431 g/mol. The molecule has 0 amide bonds. The number of benzene rings is 1. The van der Waals surface area contributed by atoms with Crippen LogP contribution < -0.4 is 10.2 Å². The number of thiocarbonyl (C=S) groups is 1. The predicted octanol–water partition coefficient (Wildman–Crippen LogP) is 6.18. The second-order valence-corrected chi connectivity index (χ2v) is 9.41. The molecule has 2 atom stereocenters. The number of aryl methyl sites for hydroxylation is 2. The van der Waals surface area contributed by atoms with E-state index in [1.165, 1.54) is 48.8 Å². The van der Waals surface area contributed by atoms with Gasteiger partial charge in [-0.25, -0.2) is 0 Å². The van der Waals surface area contributed by atoms with Crippen molar-refractivity contribution in [2.45, 2.75) is 64.1 Å². The molecule has 1 aromatic carbocycles. The highest BCUT2D eigenvalue weighted by atomic mass is 32.1. The lowest BCUT2D eigenvalue weighted by Gasteiger charge is -2.28. The third-order valence-electron chi connectivity index (χ3n) is 6.66. The van der Waals surface area contributed by atoms with Gasteiger partial charge in [-0.2, -0.15) is 0 Å². The van der Waals surface area contributed by atoms with Gasteiger partial charge in [-0.05, 0) is 85.9 Å². The van der Waals surface area contributed by atoms with Crippen molar-refractivity contribution in [3.63, 3.8) is 0 Å². The summed E-state index contributed by atoms with van der Waals surface area (Å²) in [5.74, 6) is 0. The Morgan fingerprint density at radius 2 is 1.77 bits per heavy atom. The number of pyridine rings is 1. The summed E-state index contributed by atoms with van der Waals surface area (Å²) in [5, 5.41) is 4.34. The van der Waals surface area contributed by atoms with Crippen LogP contribution in [0.1, 0.15) is 72.6 Å². The van der Waals surface area contributed by atoms with Crippen LogP contribution in [0.25, 0.3) is 0 Å². The minimum Gasteiger partial charge on any atom is -0.351 e. The molecule has 0 spiro atoms. The fraction of sp³-hybridized carbons (Fsp3) is 0.385. The monoisotopic (exact) mass is 430 g/mol. The van der Waals surface area contributed by atoms with E-state index in [0.717, 1.165) is 16.5 Å². The van der Waals surface area contributed by atoms with E-state index < -0.39 is 0 Å². The minimum absolute atomic E-state index is 0.0109. The number of anilines is 1. The molecule has 2 aromatic heterocycles. The Morgan fingerprint density at radius 3 is 2.48 bits per heavy atom. The van der Waals surface area contributed by atoms with Gasteiger partial charge in [0.05, 0.1) is 17.8 Å². The maximum absolute atomic E-state index is 5.88. The number of nitrogens with one attached hydrogen (secondary N) is 1. The number of nitrogens with zero attached hydrogens (tertiary/aromatic N) is 3. The predicted molar refractivity (Wildman–Crippen MR) is 130 cm³/mol. The second-order valence-electron chi connectivity index (χ2n) is 9.03. The number of aromatic nitrogens is 2.